The molecule has 6 nitrogen and oxygen atoms in total. The smallest absolute Gasteiger partial charge is 0.240 e. The quantitative estimate of drug-likeness (QED) is 0.583. The molecule has 1 atom stereocenters. The van der Waals surface area contributed by atoms with Gasteiger partial charge in [0.2, 0.25) is 11.8 Å². The predicted octanol–water partition coefficient (Wildman–Crippen LogP) is 3.68. The fourth-order valence-electron chi connectivity index (χ4n) is 2.30. The minimum Gasteiger partial charge on any atom is -0.326 e. The molecule has 1 fully saturated rings. The minimum absolute atomic E-state index is 0.0523. The van der Waals surface area contributed by atoms with Crippen LogP contribution in [0.15, 0.2) is 34.5 Å². The number of anilines is 1. The van der Waals surface area contributed by atoms with Crippen molar-refractivity contribution in [3.8, 4) is 0 Å². The molecule has 2 amide bonds. The third-order valence-electron chi connectivity index (χ3n) is 3.27. The summed E-state index contributed by atoms with van der Waals surface area (Å²) in [6.45, 7) is 6.11. The Kier molecular flexibility index (Phi) is 7.01. The molecule has 1 aromatic rings. The molecule has 2 N–H and O–H groups in total. The topological polar surface area (TPSA) is 82.9 Å². The Bertz CT molecular complexity index is 718. The molecule has 0 saturated carbocycles. The molecule has 1 aliphatic heterocycles. The molecule has 0 aromatic heterocycles. The van der Waals surface area contributed by atoms with Crippen LogP contribution in [-0.2, 0) is 9.59 Å². The van der Waals surface area contributed by atoms with Crippen LogP contribution >= 0.6 is 23.4 Å². The number of amidine groups is 1. The van der Waals surface area contributed by atoms with E-state index in [0.717, 1.165) is 12.1 Å². The van der Waals surface area contributed by atoms with E-state index in [-0.39, 0.29) is 18.2 Å². The van der Waals surface area contributed by atoms with E-state index in [9.17, 15) is 9.59 Å². The van der Waals surface area contributed by atoms with E-state index in [2.05, 4.69) is 34.7 Å². The van der Waals surface area contributed by atoms with Gasteiger partial charge < -0.3 is 10.6 Å². The van der Waals surface area contributed by atoms with E-state index in [1.165, 1.54) is 11.8 Å². The molecule has 25 heavy (non-hydrogen) atoms. The number of hydrogen-bond donors (Lipinski definition) is 2. The molecule has 8 heteroatoms. The second-order valence-electron chi connectivity index (χ2n) is 6.20. The van der Waals surface area contributed by atoms with Crippen LogP contribution in [0, 0.1) is 5.92 Å². The van der Waals surface area contributed by atoms with Crippen molar-refractivity contribution < 1.29 is 9.59 Å². The summed E-state index contributed by atoms with van der Waals surface area (Å²) in [5, 5.41) is 14.0. The number of hydrogen-bond acceptors (Lipinski definition) is 5. The summed E-state index contributed by atoms with van der Waals surface area (Å²) in [7, 11) is 0. The summed E-state index contributed by atoms with van der Waals surface area (Å²) >= 11 is 7.10. The van der Waals surface area contributed by atoms with Crippen molar-refractivity contribution in [1.29, 1.82) is 0 Å². The number of amides is 2. The van der Waals surface area contributed by atoms with Gasteiger partial charge in [-0.25, -0.2) is 0 Å². The molecule has 1 heterocycles. The molecule has 134 valence electrons. The maximum absolute atomic E-state index is 12.1. The normalized spacial score (nSPS) is 19.4. The fraction of sp³-hybridized carbons (Fsp3) is 0.412. The molecule has 0 radical (unpaired) electrons. The van der Waals surface area contributed by atoms with Gasteiger partial charge in [-0.05, 0) is 37.5 Å². The van der Waals surface area contributed by atoms with E-state index in [1.54, 1.807) is 24.3 Å². The number of carbonyl (C=O) groups is 2. The van der Waals surface area contributed by atoms with Crippen molar-refractivity contribution in [3.05, 3.63) is 29.3 Å². The van der Waals surface area contributed by atoms with Gasteiger partial charge in [-0.15, -0.1) is 5.10 Å². The van der Waals surface area contributed by atoms with Gasteiger partial charge in [-0.2, -0.15) is 5.10 Å². The molecular formula is C17H21ClN4O2S. The van der Waals surface area contributed by atoms with Crippen LogP contribution < -0.4 is 10.6 Å². The SMILES string of the molecule is CC(CC(C)C)=N/N=C1/NC(=O)C(CC(=O)Nc2cccc(Cl)c2)S1. The first-order chi connectivity index (χ1) is 11.8. The summed E-state index contributed by atoms with van der Waals surface area (Å²) in [5.74, 6) is 0.00932. The molecule has 2 rings (SSSR count). The first-order valence-corrected chi connectivity index (χ1v) is 9.23. The van der Waals surface area contributed by atoms with Crippen LogP contribution in [0.3, 0.4) is 0 Å². The standard InChI is InChI=1S/C17H21ClN4O2S/c1-10(2)7-11(3)21-22-17-20-16(24)14(25-17)9-15(23)19-13-6-4-5-12(18)8-13/h4-6,8,10,14H,7,9H2,1-3H3,(H,19,23)(H,20,22,24). The first-order valence-electron chi connectivity index (χ1n) is 7.97. The van der Waals surface area contributed by atoms with Crippen molar-refractivity contribution in [2.24, 2.45) is 16.1 Å². The maximum atomic E-state index is 12.1. The number of rotatable bonds is 6. The van der Waals surface area contributed by atoms with Crippen LogP contribution in [0.25, 0.3) is 0 Å². The molecular weight excluding hydrogens is 360 g/mol. The molecule has 0 spiro atoms. The van der Waals surface area contributed by atoms with Gasteiger partial charge in [-0.1, -0.05) is 43.3 Å². The monoisotopic (exact) mass is 380 g/mol. The minimum atomic E-state index is -0.515. The van der Waals surface area contributed by atoms with Gasteiger partial charge in [0.1, 0.15) is 5.25 Å². The molecule has 1 aromatic carbocycles. The first kappa shape index (κ1) is 19.5. The fourth-order valence-corrected chi connectivity index (χ4v) is 3.40. The Morgan fingerprint density at radius 3 is 2.88 bits per heavy atom. The van der Waals surface area contributed by atoms with Gasteiger partial charge in [-0.3, -0.25) is 9.59 Å². The average Bonchev–Trinajstić information content (AvgIpc) is 2.84. The van der Waals surface area contributed by atoms with Crippen molar-refractivity contribution in [1.82, 2.24) is 5.32 Å². The van der Waals surface area contributed by atoms with Crippen molar-refractivity contribution >= 4 is 51.7 Å². The van der Waals surface area contributed by atoms with Gasteiger partial charge in [0, 0.05) is 22.8 Å². The summed E-state index contributed by atoms with van der Waals surface area (Å²) in [6.07, 6.45) is 0.900. The van der Waals surface area contributed by atoms with Crippen LogP contribution in [0.1, 0.15) is 33.6 Å². The predicted molar refractivity (Wildman–Crippen MR) is 104 cm³/mol. The Labute approximate surface area is 156 Å². The number of nitrogens with zero attached hydrogens (tertiary/aromatic N) is 2. The average molecular weight is 381 g/mol. The van der Waals surface area contributed by atoms with E-state index in [4.69, 9.17) is 11.6 Å². The lowest BCUT2D eigenvalue weighted by Crippen LogP contribution is -2.28. The largest absolute Gasteiger partial charge is 0.326 e. The zero-order valence-electron chi connectivity index (χ0n) is 14.4. The van der Waals surface area contributed by atoms with Crippen LogP contribution in [0.2, 0.25) is 5.02 Å². The van der Waals surface area contributed by atoms with E-state index in [0.29, 0.717) is 21.8 Å². The third kappa shape index (κ3) is 6.51. The Hall–Kier alpha value is -1.86. The molecule has 1 saturated heterocycles. The van der Waals surface area contributed by atoms with Gasteiger partial charge in [0.05, 0.1) is 0 Å². The van der Waals surface area contributed by atoms with Gasteiger partial charge in [0.15, 0.2) is 5.17 Å². The zero-order chi connectivity index (χ0) is 18.4. The van der Waals surface area contributed by atoms with E-state index >= 15 is 0 Å². The second kappa shape index (κ2) is 9.01. The highest BCUT2D eigenvalue weighted by atomic mass is 35.5. The second-order valence-corrected chi connectivity index (χ2v) is 7.82. The summed E-state index contributed by atoms with van der Waals surface area (Å²) in [6, 6.07) is 6.87. The molecule has 0 bridgehead atoms. The van der Waals surface area contributed by atoms with E-state index in [1.807, 2.05) is 6.92 Å². The zero-order valence-corrected chi connectivity index (χ0v) is 15.9. The molecule has 0 aliphatic carbocycles. The highest BCUT2D eigenvalue weighted by Crippen LogP contribution is 2.23. The maximum Gasteiger partial charge on any atom is 0.240 e. The van der Waals surface area contributed by atoms with Crippen LogP contribution in [-0.4, -0.2) is 27.9 Å². The summed E-state index contributed by atoms with van der Waals surface area (Å²) < 4.78 is 0. The summed E-state index contributed by atoms with van der Waals surface area (Å²) in [5.41, 5.74) is 1.50. The van der Waals surface area contributed by atoms with Gasteiger partial charge >= 0.3 is 0 Å². The number of benzene rings is 1. The third-order valence-corrected chi connectivity index (χ3v) is 4.58. The molecule has 1 unspecified atom stereocenters. The molecule has 1 aliphatic rings. The Morgan fingerprint density at radius 1 is 1.44 bits per heavy atom. The number of thioether (sulfide) groups is 1. The lowest BCUT2D eigenvalue weighted by atomic mass is 10.1. The number of nitrogens with one attached hydrogen (secondary N) is 2. The Balaban J connectivity index is 1.91. The highest BCUT2D eigenvalue weighted by Gasteiger charge is 2.32. The Morgan fingerprint density at radius 2 is 2.20 bits per heavy atom. The lowest BCUT2D eigenvalue weighted by Gasteiger charge is -2.07. The van der Waals surface area contributed by atoms with Crippen molar-refractivity contribution in [2.45, 2.75) is 38.9 Å². The van der Waals surface area contributed by atoms with Gasteiger partial charge in [0.25, 0.3) is 0 Å². The number of carbonyl (C=O) groups excluding carboxylic acids is 2. The van der Waals surface area contributed by atoms with Crippen LogP contribution in [0.4, 0.5) is 5.69 Å². The van der Waals surface area contributed by atoms with E-state index < -0.39 is 5.25 Å². The highest BCUT2D eigenvalue weighted by molar-refractivity contribution is 8.15. The van der Waals surface area contributed by atoms with Crippen LogP contribution in [0.5, 0.6) is 0 Å². The summed E-state index contributed by atoms with van der Waals surface area (Å²) in [4.78, 5) is 24.1. The number of halogens is 1. The van der Waals surface area contributed by atoms with Crippen molar-refractivity contribution in [3.63, 3.8) is 0 Å². The van der Waals surface area contributed by atoms with Crippen molar-refractivity contribution in [2.75, 3.05) is 5.32 Å². The lowest BCUT2D eigenvalue weighted by molar-refractivity contribution is -0.122.